The average Bonchev–Trinajstić information content (AvgIpc) is 3.21. The van der Waals surface area contributed by atoms with E-state index in [4.69, 9.17) is 14.2 Å². The summed E-state index contributed by atoms with van der Waals surface area (Å²) in [5.41, 5.74) is 3.19. The molecule has 3 aromatic rings. The molecule has 0 spiro atoms. The Kier molecular flexibility index (Phi) is 7.67. The lowest BCUT2D eigenvalue weighted by molar-refractivity contribution is -0.118. The number of thiophene rings is 1. The molecule has 31 heavy (non-hydrogen) atoms. The summed E-state index contributed by atoms with van der Waals surface area (Å²) in [6.45, 7) is 3.88. The van der Waals surface area contributed by atoms with Crippen molar-refractivity contribution < 1.29 is 23.8 Å². The molecule has 1 heterocycles. The second kappa shape index (κ2) is 10.6. The number of rotatable bonds is 9. The third-order valence-corrected chi connectivity index (χ3v) is 5.50. The van der Waals surface area contributed by atoms with Gasteiger partial charge in [-0.15, -0.1) is 11.3 Å². The number of aryl methyl sites for hydroxylation is 1. The minimum absolute atomic E-state index is 0.201. The molecule has 7 heteroatoms. The number of esters is 1. The Balaban J connectivity index is 1.78. The maximum Gasteiger partial charge on any atom is 0.341 e. The highest BCUT2D eigenvalue weighted by Crippen LogP contribution is 2.36. The molecule has 0 radical (unpaired) electrons. The number of amides is 1. The minimum Gasteiger partial charge on any atom is -0.497 e. The number of methoxy groups -OCH3 is 1. The maximum absolute atomic E-state index is 12.7. The minimum atomic E-state index is -0.470. The molecule has 1 aromatic heterocycles. The van der Waals surface area contributed by atoms with Crippen molar-refractivity contribution in [3.05, 3.63) is 65.0 Å². The molecule has 0 aliphatic heterocycles. The van der Waals surface area contributed by atoms with E-state index in [2.05, 4.69) is 12.2 Å². The fraction of sp³-hybridized carbons (Fsp3) is 0.250. The van der Waals surface area contributed by atoms with Gasteiger partial charge >= 0.3 is 5.97 Å². The molecular weight excluding hydrogens is 414 g/mol. The predicted molar refractivity (Wildman–Crippen MR) is 122 cm³/mol. The van der Waals surface area contributed by atoms with E-state index in [9.17, 15) is 9.59 Å². The van der Waals surface area contributed by atoms with Gasteiger partial charge in [0.2, 0.25) is 0 Å². The van der Waals surface area contributed by atoms with Crippen molar-refractivity contribution in [3.8, 4) is 22.6 Å². The van der Waals surface area contributed by atoms with Crippen molar-refractivity contribution in [2.45, 2.75) is 20.3 Å². The van der Waals surface area contributed by atoms with Crippen LogP contribution in [-0.4, -0.2) is 32.2 Å². The highest BCUT2D eigenvalue weighted by Gasteiger charge is 2.23. The number of hydrogen-bond donors (Lipinski definition) is 1. The van der Waals surface area contributed by atoms with Crippen LogP contribution in [-0.2, 0) is 16.0 Å². The monoisotopic (exact) mass is 439 g/mol. The van der Waals surface area contributed by atoms with Gasteiger partial charge in [-0.1, -0.05) is 37.3 Å². The molecule has 0 aliphatic rings. The van der Waals surface area contributed by atoms with Gasteiger partial charge < -0.3 is 19.5 Å². The van der Waals surface area contributed by atoms with Crippen molar-refractivity contribution >= 4 is 28.2 Å². The molecule has 0 saturated carbocycles. The molecule has 0 aliphatic carbocycles. The van der Waals surface area contributed by atoms with Gasteiger partial charge in [0.05, 0.1) is 13.7 Å². The number of hydrogen-bond acceptors (Lipinski definition) is 6. The fourth-order valence-corrected chi connectivity index (χ4v) is 3.96. The maximum atomic E-state index is 12.7. The van der Waals surface area contributed by atoms with E-state index in [0.29, 0.717) is 22.1 Å². The molecule has 0 bridgehead atoms. The smallest absolute Gasteiger partial charge is 0.341 e. The van der Waals surface area contributed by atoms with Gasteiger partial charge in [-0.3, -0.25) is 4.79 Å². The molecule has 0 atom stereocenters. The first-order valence-corrected chi connectivity index (χ1v) is 10.9. The first-order chi connectivity index (χ1) is 15.0. The van der Waals surface area contributed by atoms with Crippen molar-refractivity contribution in [3.63, 3.8) is 0 Å². The Labute approximate surface area is 185 Å². The normalized spacial score (nSPS) is 10.4. The van der Waals surface area contributed by atoms with Crippen LogP contribution in [0.25, 0.3) is 11.1 Å². The first-order valence-electron chi connectivity index (χ1n) is 10.00. The number of carbonyl (C=O) groups is 2. The zero-order valence-electron chi connectivity index (χ0n) is 17.8. The lowest BCUT2D eigenvalue weighted by Gasteiger charge is -2.10. The van der Waals surface area contributed by atoms with Crippen molar-refractivity contribution in [1.29, 1.82) is 0 Å². The van der Waals surface area contributed by atoms with Gasteiger partial charge in [0.25, 0.3) is 5.91 Å². The topological polar surface area (TPSA) is 73.9 Å². The van der Waals surface area contributed by atoms with Crippen LogP contribution < -0.4 is 14.8 Å². The summed E-state index contributed by atoms with van der Waals surface area (Å²) in [6.07, 6.45) is 0.934. The standard InChI is InChI=1S/C24H25NO5S/c1-4-16-9-11-17(12-10-16)20-15-31-23(22(20)24(27)29-5-2)25-21(26)14-30-19-8-6-7-18(13-19)28-3/h6-13,15H,4-5,14H2,1-3H3,(H,25,26). The fourth-order valence-electron chi connectivity index (χ4n) is 2.99. The van der Waals surface area contributed by atoms with Crippen LogP contribution in [0.1, 0.15) is 29.8 Å². The molecule has 0 unspecified atom stereocenters. The van der Waals surface area contributed by atoms with E-state index in [1.807, 2.05) is 29.6 Å². The summed E-state index contributed by atoms with van der Waals surface area (Å²) in [4.78, 5) is 25.2. The van der Waals surface area contributed by atoms with Crippen LogP contribution >= 0.6 is 11.3 Å². The third-order valence-electron chi connectivity index (χ3n) is 4.61. The third kappa shape index (κ3) is 5.64. The number of nitrogens with one attached hydrogen (secondary N) is 1. The quantitative estimate of drug-likeness (QED) is 0.465. The predicted octanol–water partition coefficient (Wildman–Crippen LogP) is 5.18. The molecule has 3 rings (SSSR count). The molecule has 1 N–H and O–H groups in total. The zero-order chi connectivity index (χ0) is 22.2. The average molecular weight is 440 g/mol. The van der Waals surface area contributed by atoms with E-state index >= 15 is 0 Å². The first kappa shape index (κ1) is 22.4. The van der Waals surface area contributed by atoms with Gasteiger partial charge in [0.1, 0.15) is 22.1 Å². The van der Waals surface area contributed by atoms with Gasteiger partial charge in [0, 0.05) is 17.0 Å². The van der Waals surface area contributed by atoms with Crippen LogP contribution in [0, 0.1) is 0 Å². The second-order valence-electron chi connectivity index (χ2n) is 6.64. The summed E-state index contributed by atoms with van der Waals surface area (Å²) in [5.74, 6) is 0.313. The zero-order valence-corrected chi connectivity index (χ0v) is 18.6. The van der Waals surface area contributed by atoms with E-state index in [1.165, 1.54) is 16.9 Å². The van der Waals surface area contributed by atoms with Crippen LogP contribution in [0.2, 0.25) is 0 Å². The van der Waals surface area contributed by atoms with Gasteiger partial charge in [-0.2, -0.15) is 0 Å². The van der Waals surface area contributed by atoms with Crippen molar-refractivity contribution in [1.82, 2.24) is 0 Å². The van der Waals surface area contributed by atoms with Gasteiger partial charge in [-0.05, 0) is 36.6 Å². The van der Waals surface area contributed by atoms with Crippen LogP contribution in [0.5, 0.6) is 11.5 Å². The number of benzene rings is 2. The van der Waals surface area contributed by atoms with Crippen LogP contribution in [0.3, 0.4) is 0 Å². The van der Waals surface area contributed by atoms with E-state index < -0.39 is 5.97 Å². The van der Waals surface area contributed by atoms with E-state index in [1.54, 1.807) is 38.3 Å². The summed E-state index contributed by atoms with van der Waals surface area (Å²) < 4.78 is 15.9. The van der Waals surface area contributed by atoms with Crippen LogP contribution in [0.15, 0.2) is 53.9 Å². The Bertz CT molecular complexity index is 1040. The largest absolute Gasteiger partial charge is 0.497 e. The van der Waals surface area contributed by atoms with E-state index in [0.717, 1.165) is 17.5 Å². The SMILES string of the molecule is CCOC(=O)c1c(-c2ccc(CC)cc2)csc1NC(=O)COc1cccc(OC)c1. The van der Waals surface area contributed by atoms with E-state index in [-0.39, 0.29) is 19.1 Å². The van der Waals surface area contributed by atoms with Crippen molar-refractivity contribution in [2.75, 3.05) is 25.6 Å². The summed E-state index contributed by atoms with van der Waals surface area (Å²) >= 11 is 1.28. The molecule has 1 amide bonds. The number of carbonyl (C=O) groups excluding carboxylic acids is 2. The molecule has 2 aromatic carbocycles. The van der Waals surface area contributed by atoms with Crippen LogP contribution in [0.4, 0.5) is 5.00 Å². The highest BCUT2D eigenvalue weighted by atomic mass is 32.1. The summed E-state index contributed by atoms with van der Waals surface area (Å²) in [5, 5.41) is 5.07. The van der Waals surface area contributed by atoms with Gasteiger partial charge in [-0.25, -0.2) is 4.79 Å². The Morgan fingerprint density at radius 2 is 1.77 bits per heavy atom. The Morgan fingerprint density at radius 1 is 1.03 bits per heavy atom. The van der Waals surface area contributed by atoms with Crippen molar-refractivity contribution in [2.24, 2.45) is 0 Å². The molecule has 162 valence electrons. The highest BCUT2D eigenvalue weighted by molar-refractivity contribution is 7.15. The Morgan fingerprint density at radius 3 is 2.45 bits per heavy atom. The summed E-state index contributed by atoms with van der Waals surface area (Å²) in [7, 11) is 1.56. The number of ether oxygens (including phenoxy) is 3. The second-order valence-corrected chi connectivity index (χ2v) is 7.52. The lowest BCUT2D eigenvalue weighted by Crippen LogP contribution is -2.21. The Hall–Kier alpha value is -3.32. The van der Waals surface area contributed by atoms with Gasteiger partial charge in [0.15, 0.2) is 6.61 Å². The molecular formula is C24H25NO5S. The molecule has 0 fully saturated rings. The molecule has 6 nitrogen and oxygen atoms in total. The molecule has 0 saturated heterocycles. The lowest BCUT2D eigenvalue weighted by atomic mass is 10.0. The summed E-state index contributed by atoms with van der Waals surface area (Å²) in [6, 6.07) is 15.0. The number of anilines is 1.